The van der Waals surface area contributed by atoms with Crippen molar-refractivity contribution in [3.05, 3.63) is 12.7 Å². The van der Waals surface area contributed by atoms with Gasteiger partial charge < -0.3 is 4.43 Å². The van der Waals surface area contributed by atoms with Crippen LogP contribution in [0.1, 0.15) is 59.8 Å². The van der Waals surface area contributed by atoms with Crippen molar-refractivity contribution < 1.29 is 13.2 Å². The number of hydrogen-bond donors (Lipinski definition) is 0. The molecule has 4 heteroatoms. The van der Waals surface area contributed by atoms with Crippen molar-refractivity contribution in [1.82, 2.24) is 0 Å². The Balaban J connectivity index is 4.69. The highest BCUT2D eigenvalue weighted by atomic mass is 28.4. The molecular formula is C16H32F2OSi. The van der Waals surface area contributed by atoms with Gasteiger partial charge in [-0.15, -0.1) is 6.58 Å². The molecule has 20 heavy (non-hydrogen) atoms. The second-order valence-electron chi connectivity index (χ2n) is 7.11. The van der Waals surface area contributed by atoms with E-state index >= 15 is 0 Å². The molecule has 0 spiro atoms. The third-order valence-corrected chi connectivity index (χ3v) is 8.68. The average molecular weight is 307 g/mol. The Bertz CT molecular complexity index is 295. The van der Waals surface area contributed by atoms with E-state index in [0.29, 0.717) is 6.42 Å². The van der Waals surface area contributed by atoms with Crippen molar-refractivity contribution >= 4 is 8.32 Å². The maximum absolute atomic E-state index is 14.3. The number of rotatable bonds is 9. The normalized spacial score (nSPS) is 15.2. The first-order chi connectivity index (χ1) is 8.98. The van der Waals surface area contributed by atoms with Crippen LogP contribution in [0.4, 0.5) is 8.78 Å². The molecule has 0 aromatic heterocycles. The largest absolute Gasteiger partial charge is 0.404 e. The minimum atomic E-state index is -2.81. The van der Waals surface area contributed by atoms with Crippen molar-refractivity contribution in [3.63, 3.8) is 0 Å². The van der Waals surface area contributed by atoms with Gasteiger partial charge in [0.05, 0.1) is 0 Å². The Morgan fingerprint density at radius 2 is 1.70 bits per heavy atom. The van der Waals surface area contributed by atoms with Gasteiger partial charge in [-0.3, -0.25) is 0 Å². The lowest BCUT2D eigenvalue weighted by Gasteiger charge is -2.40. The number of halogens is 2. The summed E-state index contributed by atoms with van der Waals surface area (Å²) in [5.41, 5.74) is 0. The zero-order valence-corrected chi connectivity index (χ0v) is 15.1. The quantitative estimate of drug-likeness (QED) is 0.281. The van der Waals surface area contributed by atoms with Crippen molar-refractivity contribution in [2.75, 3.05) is 0 Å². The SMILES string of the molecule is C=CC(O[Si](C)(C)C(C)(C)C)C(F)(F)CCCCCC. The van der Waals surface area contributed by atoms with Gasteiger partial charge in [-0.1, -0.05) is 53.0 Å². The van der Waals surface area contributed by atoms with Crippen LogP contribution in [-0.2, 0) is 4.43 Å². The van der Waals surface area contributed by atoms with Gasteiger partial charge in [0.25, 0.3) is 5.92 Å². The summed E-state index contributed by atoms with van der Waals surface area (Å²) in [4.78, 5) is 0. The smallest absolute Gasteiger partial charge is 0.276 e. The summed E-state index contributed by atoms with van der Waals surface area (Å²) < 4.78 is 34.4. The van der Waals surface area contributed by atoms with Crippen LogP contribution in [0.5, 0.6) is 0 Å². The van der Waals surface area contributed by atoms with E-state index in [1.165, 1.54) is 6.08 Å². The summed E-state index contributed by atoms with van der Waals surface area (Å²) in [6.45, 7) is 15.8. The Labute approximate surface area is 124 Å². The fourth-order valence-electron chi connectivity index (χ4n) is 1.73. The summed E-state index contributed by atoms with van der Waals surface area (Å²) in [5, 5.41) is -0.0768. The standard InChI is InChI=1S/C16H32F2OSi/c1-8-10-11-12-13-16(17,18)14(9-2)19-20(6,7)15(3,4)5/h9,14H,2,8,10-13H2,1,3-7H3. The number of unbranched alkanes of at least 4 members (excludes halogenated alkanes) is 3. The lowest BCUT2D eigenvalue weighted by molar-refractivity contribution is -0.0872. The van der Waals surface area contributed by atoms with E-state index < -0.39 is 20.3 Å². The highest BCUT2D eigenvalue weighted by molar-refractivity contribution is 6.74. The third-order valence-electron chi connectivity index (χ3n) is 4.22. The fourth-order valence-corrected chi connectivity index (χ4v) is 2.99. The summed E-state index contributed by atoms with van der Waals surface area (Å²) in [6.07, 6.45) is 3.47. The molecule has 0 radical (unpaired) electrons. The molecule has 0 fully saturated rings. The zero-order valence-electron chi connectivity index (χ0n) is 14.1. The molecule has 0 bridgehead atoms. The van der Waals surface area contributed by atoms with Gasteiger partial charge >= 0.3 is 0 Å². The molecule has 0 aliphatic carbocycles. The van der Waals surface area contributed by atoms with Crippen LogP contribution >= 0.6 is 0 Å². The second-order valence-corrected chi connectivity index (χ2v) is 11.9. The summed E-state index contributed by atoms with van der Waals surface area (Å²) in [6, 6.07) is 0. The molecule has 0 saturated carbocycles. The van der Waals surface area contributed by atoms with Crippen LogP contribution in [0.25, 0.3) is 0 Å². The molecule has 1 unspecified atom stereocenters. The Hall–Kier alpha value is -0.223. The molecule has 120 valence electrons. The van der Waals surface area contributed by atoms with Crippen LogP contribution in [0.2, 0.25) is 18.1 Å². The minimum absolute atomic E-state index is 0.0768. The van der Waals surface area contributed by atoms with E-state index in [-0.39, 0.29) is 11.5 Å². The van der Waals surface area contributed by atoms with Crippen molar-refractivity contribution in [2.45, 2.75) is 90.0 Å². The van der Waals surface area contributed by atoms with E-state index in [1.54, 1.807) is 0 Å². The van der Waals surface area contributed by atoms with Crippen LogP contribution in [0.15, 0.2) is 12.7 Å². The van der Waals surface area contributed by atoms with E-state index in [1.807, 2.05) is 13.1 Å². The fraction of sp³-hybridized carbons (Fsp3) is 0.875. The van der Waals surface area contributed by atoms with Gasteiger partial charge in [-0.05, 0) is 24.6 Å². The van der Waals surface area contributed by atoms with Gasteiger partial charge in [-0.25, -0.2) is 8.78 Å². The van der Waals surface area contributed by atoms with Crippen LogP contribution < -0.4 is 0 Å². The van der Waals surface area contributed by atoms with Gasteiger partial charge in [0, 0.05) is 6.42 Å². The van der Waals surface area contributed by atoms with Crippen LogP contribution in [-0.4, -0.2) is 20.3 Å². The van der Waals surface area contributed by atoms with E-state index in [0.717, 1.165) is 19.3 Å². The van der Waals surface area contributed by atoms with E-state index in [4.69, 9.17) is 4.43 Å². The first kappa shape index (κ1) is 19.8. The highest BCUT2D eigenvalue weighted by Crippen LogP contribution is 2.40. The molecular weight excluding hydrogens is 274 g/mol. The molecule has 0 aliphatic heterocycles. The monoisotopic (exact) mass is 306 g/mol. The molecule has 1 nitrogen and oxygen atoms in total. The molecule has 0 saturated heterocycles. The van der Waals surface area contributed by atoms with Gasteiger partial charge in [-0.2, -0.15) is 0 Å². The van der Waals surface area contributed by atoms with Crippen molar-refractivity contribution in [2.24, 2.45) is 0 Å². The maximum atomic E-state index is 14.3. The van der Waals surface area contributed by atoms with Gasteiger partial charge in [0.1, 0.15) is 6.10 Å². The van der Waals surface area contributed by atoms with Gasteiger partial charge in [0.2, 0.25) is 0 Å². The lowest BCUT2D eigenvalue weighted by atomic mass is 10.0. The predicted molar refractivity (Wildman–Crippen MR) is 86.0 cm³/mol. The van der Waals surface area contributed by atoms with E-state index in [2.05, 4.69) is 34.3 Å². The Kier molecular flexibility index (Phi) is 7.60. The molecule has 0 heterocycles. The summed E-state index contributed by atoms with van der Waals surface area (Å²) in [7, 11) is -2.20. The first-order valence-corrected chi connectivity index (χ1v) is 10.6. The first-order valence-electron chi connectivity index (χ1n) is 7.66. The Morgan fingerprint density at radius 1 is 1.15 bits per heavy atom. The highest BCUT2D eigenvalue weighted by Gasteiger charge is 2.45. The van der Waals surface area contributed by atoms with Crippen LogP contribution in [0.3, 0.4) is 0 Å². The average Bonchev–Trinajstić information content (AvgIpc) is 2.30. The van der Waals surface area contributed by atoms with E-state index in [9.17, 15) is 8.78 Å². The minimum Gasteiger partial charge on any atom is -0.404 e. The number of hydrogen-bond acceptors (Lipinski definition) is 1. The Morgan fingerprint density at radius 3 is 2.10 bits per heavy atom. The van der Waals surface area contributed by atoms with Gasteiger partial charge in [0.15, 0.2) is 8.32 Å². The third kappa shape index (κ3) is 6.04. The lowest BCUT2D eigenvalue weighted by Crippen LogP contribution is -2.48. The summed E-state index contributed by atoms with van der Waals surface area (Å²) in [5.74, 6) is -2.81. The topological polar surface area (TPSA) is 9.23 Å². The maximum Gasteiger partial charge on any atom is 0.276 e. The molecule has 0 N–H and O–H groups in total. The molecule has 0 rings (SSSR count). The summed E-state index contributed by atoms with van der Waals surface area (Å²) >= 11 is 0. The molecule has 0 aromatic rings. The zero-order chi connectivity index (χ0) is 16.0. The molecule has 0 aliphatic rings. The molecule has 1 atom stereocenters. The predicted octanol–water partition coefficient (Wildman–Crippen LogP) is 6.17. The number of alkyl halides is 2. The van der Waals surface area contributed by atoms with Crippen molar-refractivity contribution in [1.29, 1.82) is 0 Å². The molecule has 0 amide bonds. The second kappa shape index (κ2) is 7.69. The van der Waals surface area contributed by atoms with Crippen molar-refractivity contribution in [3.8, 4) is 0 Å². The molecule has 0 aromatic carbocycles. The van der Waals surface area contributed by atoms with Crippen LogP contribution in [0, 0.1) is 0 Å².